The van der Waals surface area contributed by atoms with Crippen LogP contribution in [0.2, 0.25) is 0 Å². The molecule has 0 aliphatic carbocycles. The lowest BCUT2D eigenvalue weighted by atomic mass is 10.0. The van der Waals surface area contributed by atoms with Gasteiger partial charge in [-0.3, -0.25) is 0 Å². The Balaban J connectivity index is 1.13. The van der Waals surface area contributed by atoms with Gasteiger partial charge in [0.1, 0.15) is 45.5 Å². The van der Waals surface area contributed by atoms with Crippen molar-refractivity contribution >= 4 is 45.4 Å². The van der Waals surface area contributed by atoms with Gasteiger partial charge in [0.25, 0.3) is 0 Å². The van der Waals surface area contributed by atoms with Crippen LogP contribution in [0.4, 0.5) is 26.3 Å². The number of hydrogen-bond donors (Lipinski definition) is 0. The van der Waals surface area contributed by atoms with Gasteiger partial charge in [-0.1, -0.05) is 84.9 Å². The number of hydrogen-bond acceptors (Lipinski definition) is 9. The fourth-order valence-corrected chi connectivity index (χ4v) is 10.1. The molecule has 0 radical (unpaired) electrons. The number of thiophene rings is 2. The lowest BCUT2D eigenvalue weighted by Crippen LogP contribution is -2.06. The van der Waals surface area contributed by atoms with Crippen LogP contribution in [0.3, 0.4) is 0 Å². The first kappa shape index (κ1) is 43.4. The van der Waals surface area contributed by atoms with E-state index in [9.17, 15) is 26.3 Å². The molecule has 7 aromatic carbocycles. The van der Waals surface area contributed by atoms with Crippen LogP contribution in [0.25, 0.3) is 52.8 Å². The summed E-state index contributed by atoms with van der Waals surface area (Å²) in [5, 5.41) is 0. The fourth-order valence-electron chi connectivity index (χ4n) is 7.39. The summed E-state index contributed by atoms with van der Waals surface area (Å²) in [6, 6.07) is 49.7. The van der Waals surface area contributed by atoms with Crippen molar-refractivity contribution in [1.29, 1.82) is 0 Å². The van der Waals surface area contributed by atoms with E-state index in [1.807, 2.05) is 84.9 Å². The molecule has 0 saturated carbocycles. The molecule has 15 heteroatoms. The van der Waals surface area contributed by atoms with E-state index in [4.69, 9.17) is 27.7 Å². The number of nitrogens with zero attached hydrogens (tertiary/aromatic N) is 2. The number of ether oxygens (including phenoxy) is 4. The highest BCUT2D eigenvalue weighted by atomic mass is 32.1. The second kappa shape index (κ2) is 18.1. The average Bonchev–Trinajstić information content (AvgIpc) is 4.13. The van der Waals surface area contributed by atoms with Crippen LogP contribution in [0.15, 0.2) is 182 Å². The summed E-state index contributed by atoms with van der Waals surface area (Å²) in [7, 11) is 0. The van der Waals surface area contributed by atoms with E-state index in [2.05, 4.69) is 0 Å². The molecule has 10 aromatic rings. The Bertz CT molecular complexity index is 3150. The SMILES string of the molecule is FC(F)(F)c1ccccc1Oc1ccccc1-c1ccc(-c2c(Oc3ccccc3)c(Oc3ccccc3)c(-c3ccc(-c4ccccc4Oc4ccccc4C(F)(F)F)s3)c3nsnc23)s1. The van der Waals surface area contributed by atoms with Crippen LogP contribution in [0, 0.1) is 0 Å². The normalized spacial score (nSPS) is 11.7. The van der Waals surface area contributed by atoms with E-state index in [-0.39, 0.29) is 23.0 Å². The van der Waals surface area contributed by atoms with Crippen molar-refractivity contribution in [1.82, 2.24) is 8.75 Å². The summed E-state index contributed by atoms with van der Waals surface area (Å²) in [6.07, 6.45) is -9.27. The van der Waals surface area contributed by atoms with E-state index >= 15 is 0 Å². The predicted molar refractivity (Wildman–Crippen MR) is 251 cm³/mol. The van der Waals surface area contributed by atoms with Crippen LogP contribution >= 0.6 is 34.4 Å². The zero-order valence-electron chi connectivity index (χ0n) is 34.3. The third-order valence-corrected chi connectivity index (χ3v) is 13.2. The van der Waals surface area contributed by atoms with Crippen LogP contribution in [-0.2, 0) is 12.4 Å². The van der Waals surface area contributed by atoms with Gasteiger partial charge in [0, 0.05) is 30.6 Å². The van der Waals surface area contributed by atoms with Crippen molar-refractivity contribution in [2.24, 2.45) is 0 Å². The molecule has 3 aromatic heterocycles. The Hall–Kier alpha value is -7.46. The highest BCUT2D eigenvalue weighted by Crippen LogP contribution is 2.56. The minimum absolute atomic E-state index is 0.224. The molecule has 332 valence electrons. The molecular weight excluding hydrogens is 927 g/mol. The number of fused-ring (bicyclic) bond motifs is 1. The van der Waals surface area contributed by atoms with Gasteiger partial charge in [-0.2, -0.15) is 35.1 Å². The maximum absolute atomic E-state index is 14.0. The fraction of sp³-hybridized carbons (Fsp3) is 0.0385. The maximum Gasteiger partial charge on any atom is 0.419 e. The third-order valence-electron chi connectivity index (χ3n) is 10.4. The maximum atomic E-state index is 14.0. The van der Waals surface area contributed by atoms with Gasteiger partial charge in [0.2, 0.25) is 0 Å². The number of halogens is 6. The summed E-state index contributed by atoms with van der Waals surface area (Å²) in [5.74, 6) is 1.40. The molecule has 0 spiro atoms. The summed E-state index contributed by atoms with van der Waals surface area (Å²) in [5.41, 5.74) is 1.41. The molecule has 0 atom stereocenters. The van der Waals surface area contributed by atoms with Crippen molar-refractivity contribution in [3.63, 3.8) is 0 Å². The second-order valence-corrected chi connectivity index (χ2v) is 17.4. The first-order valence-corrected chi connectivity index (χ1v) is 22.7. The molecule has 67 heavy (non-hydrogen) atoms. The first-order valence-electron chi connectivity index (χ1n) is 20.3. The molecule has 3 heterocycles. The highest BCUT2D eigenvalue weighted by molar-refractivity contribution is 7.19. The monoisotopic (exact) mass is 956 g/mol. The van der Waals surface area contributed by atoms with Crippen LogP contribution in [0.5, 0.6) is 46.0 Å². The van der Waals surface area contributed by atoms with Gasteiger partial charge in [-0.25, -0.2) is 0 Å². The molecule has 0 aliphatic rings. The van der Waals surface area contributed by atoms with Gasteiger partial charge < -0.3 is 18.9 Å². The van der Waals surface area contributed by atoms with Gasteiger partial charge >= 0.3 is 12.4 Å². The van der Waals surface area contributed by atoms with Crippen LogP contribution in [-0.4, -0.2) is 8.75 Å². The molecule has 0 amide bonds. The van der Waals surface area contributed by atoms with Crippen molar-refractivity contribution in [2.75, 3.05) is 0 Å². The predicted octanol–water partition coefficient (Wildman–Crippen LogP) is 17.7. The summed E-state index contributed by atoms with van der Waals surface area (Å²) < 4.78 is 120. The minimum Gasteiger partial charge on any atom is -0.456 e. The Morgan fingerprint density at radius 1 is 0.343 bits per heavy atom. The molecule has 0 aliphatic heterocycles. The topological polar surface area (TPSA) is 62.7 Å². The smallest absolute Gasteiger partial charge is 0.419 e. The van der Waals surface area contributed by atoms with Gasteiger partial charge in [-0.05, 0) is 97.1 Å². The number of benzene rings is 7. The number of para-hydroxylation sites is 6. The second-order valence-electron chi connectivity index (χ2n) is 14.7. The molecule has 0 unspecified atom stereocenters. The summed E-state index contributed by atoms with van der Waals surface area (Å²) in [6.45, 7) is 0. The number of rotatable bonds is 12. The Morgan fingerprint density at radius 3 is 1.09 bits per heavy atom. The van der Waals surface area contributed by atoms with Crippen molar-refractivity contribution in [3.8, 4) is 87.8 Å². The Labute approximate surface area is 390 Å². The van der Waals surface area contributed by atoms with Crippen molar-refractivity contribution in [3.05, 3.63) is 193 Å². The number of alkyl halides is 6. The van der Waals surface area contributed by atoms with E-state index in [1.54, 1.807) is 48.5 Å². The molecule has 0 N–H and O–H groups in total. The zero-order chi connectivity index (χ0) is 46.1. The van der Waals surface area contributed by atoms with Crippen LogP contribution in [0.1, 0.15) is 11.1 Å². The van der Waals surface area contributed by atoms with E-state index < -0.39 is 23.5 Å². The van der Waals surface area contributed by atoms with E-state index in [1.165, 1.54) is 59.1 Å². The third kappa shape index (κ3) is 8.96. The lowest BCUT2D eigenvalue weighted by Gasteiger charge is -2.19. The van der Waals surface area contributed by atoms with Gasteiger partial charge in [0.05, 0.1) is 34.0 Å². The van der Waals surface area contributed by atoms with E-state index in [0.29, 0.717) is 75.8 Å². The highest BCUT2D eigenvalue weighted by Gasteiger charge is 2.36. The first-order chi connectivity index (χ1) is 32.5. The largest absolute Gasteiger partial charge is 0.456 e. The summed E-state index contributed by atoms with van der Waals surface area (Å²) >= 11 is 3.71. The summed E-state index contributed by atoms with van der Waals surface area (Å²) in [4.78, 5) is 2.75. The average molecular weight is 957 g/mol. The zero-order valence-corrected chi connectivity index (χ0v) is 36.8. The minimum atomic E-state index is -4.63. The van der Waals surface area contributed by atoms with Gasteiger partial charge in [-0.15, -0.1) is 22.7 Å². The van der Waals surface area contributed by atoms with Gasteiger partial charge in [0.15, 0.2) is 11.5 Å². The molecule has 0 saturated heterocycles. The van der Waals surface area contributed by atoms with Crippen molar-refractivity contribution in [2.45, 2.75) is 12.4 Å². The molecular formula is C52H30F6N2O4S3. The standard InChI is InChI=1S/C52H30F6N2O4S3/c53-51(54,55)35-21-9-13-25-39(35)63-37-23-11-7-19-33(37)41-27-29-43(65-41)45-47-48(60-67-59-47)46(50(62-32-17-5-2-6-18-32)49(45)61-31-15-3-1-4-16-31)44-30-28-42(66-44)34-20-8-12-24-38(34)64-40-26-14-10-22-36(40)52(56,57)58/h1-30H. The quantitative estimate of drug-likeness (QED) is 0.114. The molecule has 0 fully saturated rings. The number of aromatic nitrogens is 2. The molecule has 6 nitrogen and oxygen atoms in total. The Kier molecular flexibility index (Phi) is 11.7. The lowest BCUT2D eigenvalue weighted by molar-refractivity contribution is -0.139. The molecule has 0 bridgehead atoms. The van der Waals surface area contributed by atoms with Crippen LogP contribution < -0.4 is 18.9 Å². The Morgan fingerprint density at radius 2 is 0.687 bits per heavy atom. The molecule has 10 rings (SSSR count). The van der Waals surface area contributed by atoms with E-state index in [0.717, 1.165) is 23.9 Å². The van der Waals surface area contributed by atoms with Crippen molar-refractivity contribution < 1.29 is 45.3 Å².